The minimum atomic E-state index is -1.00. The standard InChI is InChI=1S/C21H32O6/c1-6-11-23-17-16(22)18(24-12-7-2)20(26-14-9-4)21(27-15-10-5)19(17)25-13-8-3/h6-10,16-22H,1-5,11-15H2. The van der Waals surface area contributed by atoms with E-state index in [0.29, 0.717) is 0 Å². The van der Waals surface area contributed by atoms with E-state index >= 15 is 0 Å². The van der Waals surface area contributed by atoms with Gasteiger partial charge in [-0.05, 0) is 0 Å². The summed E-state index contributed by atoms with van der Waals surface area (Å²) in [6, 6.07) is 0. The van der Waals surface area contributed by atoms with Gasteiger partial charge in [-0.2, -0.15) is 0 Å². The highest BCUT2D eigenvalue weighted by molar-refractivity contribution is 5.04. The van der Waals surface area contributed by atoms with Crippen LogP contribution in [0.5, 0.6) is 0 Å². The van der Waals surface area contributed by atoms with Crippen LogP contribution in [0.1, 0.15) is 0 Å². The number of ether oxygens (including phenoxy) is 5. The summed E-state index contributed by atoms with van der Waals surface area (Å²) >= 11 is 0. The van der Waals surface area contributed by atoms with Crippen LogP contribution in [0.2, 0.25) is 0 Å². The van der Waals surface area contributed by atoms with E-state index in [9.17, 15) is 5.11 Å². The van der Waals surface area contributed by atoms with Gasteiger partial charge in [0.15, 0.2) is 0 Å². The summed E-state index contributed by atoms with van der Waals surface area (Å²) in [7, 11) is 0. The van der Waals surface area contributed by atoms with E-state index in [0.717, 1.165) is 0 Å². The van der Waals surface area contributed by atoms with Crippen LogP contribution in [0.15, 0.2) is 63.3 Å². The summed E-state index contributed by atoms with van der Waals surface area (Å²) in [5, 5.41) is 11.0. The zero-order chi connectivity index (χ0) is 20.1. The summed E-state index contributed by atoms with van der Waals surface area (Å²) in [5.74, 6) is 0. The van der Waals surface area contributed by atoms with Crippen molar-refractivity contribution < 1.29 is 28.8 Å². The molecule has 6 nitrogen and oxygen atoms in total. The van der Waals surface area contributed by atoms with E-state index in [2.05, 4.69) is 32.9 Å². The lowest BCUT2D eigenvalue weighted by Crippen LogP contribution is -2.67. The van der Waals surface area contributed by atoms with Gasteiger partial charge in [0.05, 0.1) is 33.0 Å². The van der Waals surface area contributed by atoms with Crippen molar-refractivity contribution in [1.29, 1.82) is 0 Å². The SMILES string of the molecule is C=CCOC1C(O)C(OCC=C)C(OCC=C)C(OCC=C)C1OCC=C. The minimum Gasteiger partial charge on any atom is -0.387 e. The molecule has 4 unspecified atom stereocenters. The Balaban J connectivity index is 3.23. The number of aliphatic hydroxyl groups excluding tert-OH is 1. The van der Waals surface area contributed by atoms with Crippen LogP contribution in [0.4, 0.5) is 0 Å². The summed E-state index contributed by atoms with van der Waals surface area (Å²) in [4.78, 5) is 0. The van der Waals surface area contributed by atoms with E-state index < -0.39 is 36.6 Å². The Labute approximate surface area is 162 Å². The molecule has 1 saturated carbocycles. The molecule has 27 heavy (non-hydrogen) atoms. The quantitative estimate of drug-likeness (QED) is 0.440. The molecule has 0 aromatic rings. The molecular weight excluding hydrogens is 348 g/mol. The van der Waals surface area contributed by atoms with Gasteiger partial charge in [0.1, 0.15) is 36.6 Å². The first-order valence-electron chi connectivity index (χ1n) is 8.96. The van der Waals surface area contributed by atoms with Crippen LogP contribution in [-0.4, -0.2) is 74.8 Å². The van der Waals surface area contributed by atoms with Crippen molar-refractivity contribution in [2.75, 3.05) is 33.0 Å². The second-order valence-corrected chi connectivity index (χ2v) is 5.92. The third-order valence-electron chi connectivity index (χ3n) is 4.00. The van der Waals surface area contributed by atoms with Gasteiger partial charge in [0, 0.05) is 0 Å². The van der Waals surface area contributed by atoms with Crippen molar-refractivity contribution in [3.8, 4) is 0 Å². The number of hydrogen-bond donors (Lipinski definition) is 1. The van der Waals surface area contributed by atoms with Gasteiger partial charge in [0.25, 0.3) is 0 Å². The summed E-state index contributed by atoms with van der Waals surface area (Å²) in [5.41, 5.74) is 0. The van der Waals surface area contributed by atoms with Crippen molar-refractivity contribution in [2.45, 2.75) is 36.6 Å². The molecule has 0 aliphatic heterocycles. The molecule has 1 aliphatic carbocycles. The van der Waals surface area contributed by atoms with Crippen molar-refractivity contribution >= 4 is 0 Å². The molecule has 0 saturated heterocycles. The summed E-state index contributed by atoms with van der Waals surface area (Å²) in [6.07, 6.45) is 3.95. The van der Waals surface area contributed by atoms with Crippen LogP contribution in [-0.2, 0) is 23.7 Å². The maximum absolute atomic E-state index is 11.0. The topological polar surface area (TPSA) is 66.4 Å². The van der Waals surface area contributed by atoms with Gasteiger partial charge in [-0.1, -0.05) is 30.4 Å². The molecule has 1 aliphatic rings. The van der Waals surface area contributed by atoms with Gasteiger partial charge in [-0.3, -0.25) is 0 Å². The van der Waals surface area contributed by atoms with E-state index in [1.165, 1.54) is 0 Å². The molecule has 1 rings (SSSR count). The highest BCUT2D eigenvalue weighted by Gasteiger charge is 2.53. The van der Waals surface area contributed by atoms with Crippen molar-refractivity contribution in [2.24, 2.45) is 0 Å². The molecule has 0 radical (unpaired) electrons. The third-order valence-corrected chi connectivity index (χ3v) is 4.00. The third kappa shape index (κ3) is 6.84. The first-order valence-corrected chi connectivity index (χ1v) is 8.96. The van der Waals surface area contributed by atoms with E-state index in [1.807, 2.05) is 0 Å². The van der Waals surface area contributed by atoms with Gasteiger partial charge >= 0.3 is 0 Å². The van der Waals surface area contributed by atoms with Crippen LogP contribution < -0.4 is 0 Å². The Bertz CT molecular complexity index is 441. The molecule has 6 heteroatoms. The fourth-order valence-corrected chi connectivity index (χ4v) is 2.99. The predicted molar refractivity (Wildman–Crippen MR) is 106 cm³/mol. The molecule has 0 bridgehead atoms. The van der Waals surface area contributed by atoms with Crippen LogP contribution in [0, 0.1) is 0 Å². The molecule has 1 fully saturated rings. The molecular formula is C21H32O6. The Hall–Kier alpha value is -1.54. The van der Waals surface area contributed by atoms with Crippen LogP contribution >= 0.6 is 0 Å². The average Bonchev–Trinajstić information content (AvgIpc) is 2.68. The number of aliphatic hydroxyl groups is 1. The minimum absolute atomic E-state index is 0.246. The maximum Gasteiger partial charge on any atom is 0.115 e. The smallest absolute Gasteiger partial charge is 0.115 e. The predicted octanol–water partition coefficient (Wildman–Crippen LogP) is 2.22. The first kappa shape index (κ1) is 23.5. The normalized spacial score (nSPS) is 30.4. The first-order chi connectivity index (χ1) is 13.2. The molecule has 0 spiro atoms. The Kier molecular flexibility index (Phi) is 11.8. The van der Waals surface area contributed by atoms with Crippen LogP contribution in [0.3, 0.4) is 0 Å². The molecule has 0 amide bonds. The van der Waals surface area contributed by atoms with Gasteiger partial charge < -0.3 is 28.8 Å². The van der Waals surface area contributed by atoms with Gasteiger partial charge in [-0.25, -0.2) is 0 Å². The van der Waals surface area contributed by atoms with Crippen molar-refractivity contribution in [1.82, 2.24) is 0 Å². The fraction of sp³-hybridized carbons (Fsp3) is 0.524. The molecule has 152 valence electrons. The molecule has 1 N–H and O–H groups in total. The van der Waals surface area contributed by atoms with Crippen molar-refractivity contribution in [3.63, 3.8) is 0 Å². The molecule has 0 aromatic carbocycles. The monoisotopic (exact) mass is 380 g/mol. The van der Waals surface area contributed by atoms with Gasteiger partial charge in [-0.15, -0.1) is 32.9 Å². The van der Waals surface area contributed by atoms with Crippen LogP contribution in [0.25, 0.3) is 0 Å². The highest BCUT2D eigenvalue weighted by atomic mass is 16.6. The van der Waals surface area contributed by atoms with E-state index in [1.54, 1.807) is 30.4 Å². The Morgan fingerprint density at radius 3 is 0.963 bits per heavy atom. The van der Waals surface area contributed by atoms with E-state index in [-0.39, 0.29) is 33.0 Å². The Morgan fingerprint density at radius 2 is 0.704 bits per heavy atom. The highest BCUT2D eigenvalue weighted by Crippen LogP contribution is 2.32. The zero-order valence-electron chi connectivity index (χ0n) is 15.9. The fourth-order valence-electron chi connectivity index (χ4n) is 2.99. The lowest BCUT2D eigenvalue weighted by Gasteiger charge is -2.48. The summed E-state index contributed by atoms with van der Waals surface area (Å²) in [6.45, 7) is 19.7. The van der Waals surface area contributed by atoms with E-state index in [4.69, 9.17) is 23.7 Å². The lowest BCUT2D eigenvalue weighted by atomic mass is 9.84. The largest absolute Gasteiger partial charge is 0.387 e. The Morgan fingerprint density at radius 1 is 0.481 bits per heavy atom. The van der Waals surface area contributed by atoms with Crippen molar-refractivity contribution in [3.05, 3.63) is 63.3 Å². The molecule has 0 heterocycles. The second kappa shape index (κ2) is 13.6. The number of hydrogen-bond acceptors (Lipinski definition) is 6. The maximum atomic E-state index is 11.0. The summed E-state index contributed by atoms with van der Waals surface area (Å²) < 4.78 is 29.4. The number of rotatable bonds is 15. The second-order valence-electron chi connectivity index (χ2n) is 5.92. The molecule has 4 atom stereocenters. The zero-order valence-corrected chi connectivity index (χ0v) is 15.9. The van der Waals surface area contributed by atoms with Gasteiger partial charge in [0.2, 0.25) is 0 Å². The average molecular weight is 380 g/mol. The lowest BCUT2D eigenvalue weighted by molar-refractivity contribution is -0.265. The molecule has 0 aromatic heterocycles.